The zero-order valence-electron chi connectivity index (χ0n) is 24.3. The van der Waals surface area contributed by atoms with Gasteiger partial charge in [0.2, 0.25) is 0 Å². The van der Waals surface area contributed by atoms with Gasteiger partial charge in [0.25, 0.3) is 0 Å². The highest BCUT2D eigenvalue weighted by Gasteiger charge is 2.37. The summed E-state index contributed by atoms with van der Waals surface area (Å²) in [5, 5.41) is 18.4. The Hall–Kier alpha value is -1.79. The Balaban J connectivity index is 2.25. The molecule has 2 rings (SSSR count). The fourth-order valence-corrected chi connectivity index (χ4v) is 5.98. The number of thiazole rings is 1. The molecule has 2 heterocycles. The maximum atomic E-state index is 13.2. The van der Waals surface area contributed by atoms with Crippen molar-refractivity contribution in [1.29, 1.82) is 0 Å². The maximum absolute atomic E-state index is 13.2. The minimum absolute atomic E-state index is 0.0557. The Morgan fingerprint density at radius 3 is 2.21 bits per heavy atom. The molecule has 0 bridgehead atoms. The van der Waals surface area contributed by atoms with Crippen LogP contribution in [0.3, 0.4) is 0 Å². The van der Waals surface area contributed by atoms with Gasteiger partial charge in [0.05, 0.1) is 0 Å². The average Bonchev–Trinajstić information content (AvgIpc) is 3.21. The molecule has 0 radical (unpaired) electrons. The van der Waals surface area contributed by atoms with E-state index in [1.54, 1.807) is 20.8 Å². The van der Waals surface area contributed by atoms with E-state index in [4.69, 9.17) is 32.4 Å². The lowest BCUT2D eigenvalue weighted by Crippen LogP contribution is -2.41. The molecule has 0 saturated heterocycles. The lowest BCUT2D eigenvalue weighted by Gasteiger charge is -2.36. The van der Waals surface area contributed by atoms with Crippen LogP contribution in [0.2, 0.25) is 28.4 Å². The molecule has 39 heavy (non-hydrogen) atoms. The topological polar surface area (TPSA) is 115 Å². The summed E-state index contributed by atoms with van der Waals surface area (Å²) in [5.74, 6) is -1.14. The van der Waals surface area contributed by atoms with Crippen LogP contribution in [0.15, 0.2) is 0 Å². The van der Waals surface area contributed by atoms with Crippen molar-refractivity contribution in [2.24, 2.45) is 0 Å². The molecule has 0 unspecified atom stereocenters. The largest absolute Gasteiger partial charge is 0.476 e. The lowest BCUT2D eigenvalue weighted by atomic mass is 10.1. The van der Waals surface area contributed by atoms with Crippen molar-refractivity contribution in [3.63, 3.8) is 0 Å². The Morgan fingerprint density at radius 2 is 1.64 bits per heavy atom. The summed E-state index contributed by atoms with van der Waals surface area (Å²) >= 11 is 13.5. The van der Waals surface area contributed by atoms with E-state index in [0.29, 0.717) is 37.2 Å². The summed E-state index contributed by atoms with van der Waals surface area (Å²) in [5.41, 5.74) is 0.674. The molecule has 2 aromatic heterocycles. The van der Waals surface area contributed by atoms with Gasteiger partial charge >= 0.3 is 12.1 Å². The first-order chi connectivity index (χ1) is 17.8. The molecule has 1 amide bonds. The molecule has 218 valence electrons. The van der Waals surface area contributed by atoms with Crippen LogP contribution < -0.4 is 4.90 Å². The van der Waals surface area contributed by atoms with Crippen LogP contribution in [0.1, 0.15) is 80.9 Å². The molecule has 9 nitrogen and oxygen atoms in total. The number of amides is 1. The zero-order chi connectivity index (χ0) is 29.8. The molecule has 0 aliphatic heterocycles. The van der Waals surface area contributed by atoms with Crippen molar-refractivity contribution in [3.05, 3.63) is 32.0 Å². The number of carbonyl (C=O) groups excluding carboxylic acids is 1. The van der Waals surface area contributed by atoms with Crippen LogP contribution in [0.25, 0.3) is 0 Å². The predicted molar refractivity (Wildman–Crippen MR) is 159 cm³/mol. The molecule has 2 aromatic rings. The van der Waals surface area contributed by atoms with Gasteiger partial charge in [-0.3, -0.25) is 4.90 Å². The van der Waals surface area contributed by atoms with Crippen molar-refractivity contribution < 1.29 is 23.9 Å². The first-order valence-electron chi connectivity index (χ1n) is 12.9. The number of rotatable bonds is 11. The molecule has 0 aromatic carbocycles. The van der Waals surface area contributed by atoms with Crippen LogP contribution >= 0.6 is 34.5 Å². The number of anilines is 1. The van der Waals surface area contributed by atoms with Gasteiger partial charge in [-0.05, 0) is 82.6 Å². The number of aromatic carboxylic acids is 1. The van der Waals surface area contributed by atoms with Gasteiger partial charge < -0.3 is 14.3 Å². The normalized spacial score (nSPS) is 12.5. The summed E-state index contributed by atoms with van der Waals surface area (Å²) in [4.78, 5) is 31.5. The number of aryl methyl sites for hydroxylation is 1. The molecule has 0 atom stereocenters. The SMILES string of the molecule is Cc1c(Cl)nnc(Cl)c1CCCN(C(=O)OC(C)(C)C)c1nc(C(=O)O)c(CCCO[Si](C)(C)C(C)(C)C)s1. The molecule has 0 aliphatic carbocycles. The second-order valence-electron chi connectivity index (χ2n) is 11.9. The number of aromatic nitrogens is 3. The van der Waals surface area contributed by atoms with E-state index in [2.05, 4.69) is 49.0 Å². The molecular formula is C26H40Cl2N4O5SSi. The Labute approximate surface area is 246 Å². The van der Waals surface area contributed by atoms with Gasteiger partial charge in [-0.25, -0.2) is 14.6 Å². The Kier molecular flexibility index (Phi) is 11.3. The van der Waals surface area contributed by atoms with Crippen molar-refractivity contribution in [3.8, 4) is 0 Å². The number of carboxylic acids is 1. The number of carboxylic acid groups (broad SMARTS) is 1. The van der Waals surface area contributed by atoms with Gasteiger partial charge in [0.1, 0.15) is 5.60 Å². The van der Waals surface area contributed by atoms with Crippen molar-refractivity contribution in [2.75, 3.05) is 18.1 Å². The predicted octanol–water partition coefficient (Wildman–Crippen LogP) is 7.58. The minimum atomic E-state index is -1.91. The third-order valence-electron chi connectivity index (χ3n) is 6.60. The highest BCUT2D eigenvalue weighted by Crippen LogP contribution is 2.37. The molecule has 0 spiro atoms. The molecule has 13 heteroatoms. The Morgan fingerprint density at radius 1 is 1.03 bits per heavy atom. The lowest BCUT2D eigenvalue weighted by molar-refractivity contribution is 0.0577. The van der Waals surface area contributed by atoms with E-state index in [1.165, 1.54) is 16.2 Å². The highest BCUT2D eigenvalue weighted by molar-refractivity contribution is 7.16. The van der Waals surface area contributed by atoms with Crippen molar-refractivity contribution in [1.82, 2.24) is 15.2 Å². The average molecular weight is 620 g/mol. The van der Waals surface area contributed by atoms with Crippen molar-refractivity contribution in [2.45, 2.75) is 97.9 Å². The van der Waals surface area contributed by atoms with E-state index in [9.17, 15) is 14.7 Å². The number of ether oxygens (including phenoxy) is 1. The fourth-order valence-electron chi connectivity index (χ4n) is 3.36. The van der Waals surface area contributed by atoms with Gasteiger partial charge in [-0.2, -0.15) is 0 Å². The summed E-state index contributed by atoms with van der Waals surface area (Å²) in [6.45, 7) is 18.8. The fraction of sp³-hybridized carbons (Fsp3) is 0.654. The minimum Gasteiger partial charge on any atom is -0.476 e. The first-order valence-corrected chi connectivity index (χ1v) is 17.4. The number of hydrogen-bond acceptors (Lipinski definition) is 8. The van der Waals surface area contributed by atoms with Gasteiger partial charge in [-0.1, -0.05) is 44.0 Å². The quantitative estimate of drug-likeness (QED) is 0.202. The third kappa shape index (κ3) is 9.38. The monoisotopic (exact) mass is 618 g/mol. The summed E-state index contributed by atoms with van der Waals surface area (Å²) in [7, 11) is -1.91. The second kappa shape index (κ2) is 13.2. The number of nitrogens with zero attached hydrogens (tertiary/aromatic N) is 4. The van der Waals surface area contributed by atoms with Crippen LogP contribution in [-0.2, 0) is 22.0 Å². The van der Waals surface area contributed by atoms with Crippen LogP contribution in [0, 0.1) is 6.92 Å². The van der Waals surface area contributed by atoms with Gasteiger partial charge in [0.15, 0.2) is 29.4 Å². The van der Waals surface area contributed by atoms with Crippen LogP contribution in [-0.4, -0.2) is 59.4 Å². The first kappa shape index (κ1) is 33.4. The molecule has 0 saturated carbocycles. The number of hydrogen-bond donors (Lipinski definition) is 1. The van der Waals surface area contributed by atoms with E-state index in [0.717, 1.165) is 11.1 Å². The third-order valence-corrected chi connectivity index (χ3v) is 12.9. The van der Waals surface area contributed by atoms with Gasteiger partial charge in [0, 0.05) is 18.0 Å². The zero-order valence-corrected chi connectivity index (χ0v) is 27.6. The van der Waals surface area contributed by atoms with E-state index < -0.39 is 26.0 Å². The molecular weight excluding hydrogens is 579 g/mol. The number of carbonyl (C=O) groups is 2. The highest BCUT2D eigenvalue weighted by atomic mass is 35.5. The smallest absolute Gasteiger partial charge is 0.416 e. The molecule has 0 fully saturated rings. The second-order valence-corrected chi connectivity index (χ2v) is 18.5. The summed E-state index contributed by atoms with van der Waals surface area (Å²) < 4.78 is 11.9. The maximum Gasteiger partial charge on any atom is 0.416 e. The van der Waals surface area contributed by atoms with E-state index >= 15 is 0 Å². The molecule has 1 N–H and O–H groups in total. The van der Waals surface area contributed by atoms with Crippen LogP contribution in [0.5, 0.6) is 0 Å². The standard InChI is InChI=1S/C26H40Cl2N4O5SSi/c1-16-17(21(28)31-30-20(16)27)12-10-14-32(24(35)37-25(2,3)4)23-29-19(22(33)34)18(38-23)13-11-15-36-39(8,9)26(5,6)7/h10-15H2,1-9H3,(H,33,34). The Bertz CT molecular complexity index is 1180. The summed E-state index contributed by atoms with van der Waals surface area (Å²) in [6, 6.07) is 0. The van der Waals surface area contributed by atoms with E-state index in [1.807, 2.05) is 6.92 Å². The number of halogens is 2. The van der Waals surface area contributed by atoms with Gasteiger partial charge in [-0.15, -0.1) is 21.5 Å². The van der Waals surface area contributed by atoms with Crippen LogP contribution in [0.4, 0.5) is 9.93 Å². The van der Waals surface area contributed by atoms with E-state index in [-0.39, 0.29) is 32.7 Å². The van der Waals surface area contributed by atoms with Crippen molar-refractivity contribution >= 4 is 60.1 Å². The summed E-state index contributed by atoms with van der Waals surface area (Å²) in [6.07, 6.45) is 1.49. The molecule has 0 aliphatic rings.